The summed E-state index contributed by atoms with van der Waals surface area (Å²) < 4.78 is 50.4. The first-order chi connectivity index (χ1) is 13.3. The van der Waals surface area contributed by atoms with E-state index in [-0.39, 0.29) is 35.0 Å². The molecule has 0 unspecified atom stereocenters. The van der Waals surface area contributed by atoms with Crippen molar-refractivity contribution in [3.63, 3.8) is 0 Å². The van der Waals surface area contributed by atoms with Crippen LogP contribution in [0.3, 0.4) is 0 Å². The highest BCUT2D eigenvalue weighted by molar-refractivity contribution is 8.16. The van der Waals surface area contributed by atoms with Crippen LogP contribution in [0.4, 0.5) is 14.5 Å². The van der Waals surface area contributed by atoms with Crippen LogP contribution in [-0.2, 0) is 21.1 Å². The molecule has 146 valence electrons. The van der Waals surface area contributed by atoms with Crippen LogP contribution < -0.4 is 4.90 Å². The maximum absolute atomic E-state index is 13.3. The molecular weight excluding hydrogens is 406 g/mol. The van der Waals surface area contributed by atoms with Crippen molar-refractivity contribution in [3.05, 3.63) is 65.7 Å². The number of hydrogen-bond acceptors (Lipinski definition) is 4. The third-order valence-corrected chi connectivity index (χ3v) is 7.87. The molecule has 0 aliphatic carbocycles. The molecule has 2 aromatic rings. The highest BCUT2D eigenvalue weighted by Gasteiger charge is 2.49. The minimum absolute atomic E-state index is 0.00916. The number of nitrogens with zero attached hydrogens (tertiary/aromatic N) is 2. The number of fused-ring (bicyclic) bond motifs is 1. The van der Waals surface area contributed by atoms with Gasteiger partial charge >= 0.3 is 0 Å². The lowest BCUT2D eigenvalue weighted by Gasteiger charge is -2.24. The summed E-state index contributed by atoms with van der Waals surface area (Å²) in [6, 6.07) is 10.9. The number of aliphatic imine (C=N–C) groups is 1. The van der Waals surface area contributed by atoms with Gasteiger partial charge in [-0.05, 0) is 42.0 Å². The van der Waals surface area contributed by atoms with Gasteiger partial charge in [0, 0.05) is 10.9 Å². The van der Waals surface area contributed by atoms with E-state index >= 15 is 0 Å². The average Bonchev–Trinajstić information content (AvgIpc) is 3.09. The first-order valence-corrected chi connectivity index (χ1v) is 11.3. The van der Waals surface area contributed by atoms with E-state index in [0.717, 1.165) is 0 Å². The topological polar surface area (TPSA) is 66.8 Å². The molecule has 9 heteroatoms. The molecule has 2 saturated heterocycles. The molecule has 2 heterocycles. The molecule has 0 saturated carbocycles. The van der Waals surface area contributed by atoms with Crippen molar-refractivity contribution >= 4 is 38.4 Å². The number of carbonyl (C=O) groups is 1. The number of benzene rings is 2. The fourth-order valence-electron chi connectivity index (χ4n) is 3.39. The van der Waals surface area contributed by atoms with Gasteiger partial charge in [0.2, 0.25) is 0 Å². The van der Waals surface area contributed by atoms with E-state index in [4.69, 9.17) is 0 Å². The lowest BCUT2D eigenvalue weighted by molar-refractivity contribution is -0.117. The Labute approximate surface area is 165 Å². The molecule has 2 aromatic carbocycles. The molecule has 1 amide bonds. The molecule has 2 fully saturated rings. The zero-order valence-corrected chi connectivity index (χ0v) is 16.2. The fourth-order valence-corrected chi connectivity index (χ4v) is 7.32. The van der Waals surface area contributed by atoms with Crippen molar-refractivity contribution in [3.8, 4) is 0 Å². The predicted molar refractivity (Wildman–Crippen MR) is 105 cm³/mol. The summed E-state index contributed by atoms with van der Waals surface area (Å²) in [5, 5.41) is 0.177. The molecule has 2 aliphatic rings. The Kier molecular flexibility index (Phi) is 4.96. The van der Waals surface area contributed by atoms with Crippen molar-refractivity contribution in [1.29, 1.82) is 0 Å². The lowest BCUT2D eigenvalue weighted by Crippen LogP contribution is -2.37. The van der Waals surface area contributed by atoms with E-state index in [1.54, 1.807) is 17.0 Å². The normalized spacial score (nSPS) is 24.5. The second-order valence-corrected chi connectivity index (χ2v) is 10.1. The van der Waals surface area contributed by atoms with E-state index < -0.39 is 21.6 Å². The number of amidine groups is 1. The van der Waals surface area contributed by atoms with Gasteiger partial charge in [-0.15, -0.1) is 0 Å². The number of amides is 1. The predicted octanol–water partition coefficient (Wildman–Crippen LogP) is 2.81. The molecule has 28 heavy (non-hydrogen) atoms. The Morgan fingerprint density at radius 3 is 2.29 bits per heavy atom. The van der Waals surface area contributed by atoms with Crippen LogP contribution in [0, 0.1) is 11.6 Å². The molecule has 4 rings (SSSR count). The van der Waals surface area contributed by atoms with E-state index in [2.05, 4.69) is 4.99 Å². The summed E-state index contributed by atoms with van der Waals surface area (Å²) >= 11 is 1.25. The van der Waals surface area contributed by atoms with E-state index in [1.807, 2.05) is 0 Å². The van der Waals surface area contributed by atoms with Crippen LogP contribution >= 0.6 is 11.8 Å². The molecule has 0 radical (unpaired) electrons. The second kappa shape index (κ2) is 7.29. The highest BCUT2D eigenvalue weighted by atomic mass is 32.2. The van der Waals surface area contributed by atoms with Gasteiger partial charge in [0.15, 0.2) is 15.0 Å². The van der Waals surface area contributed by atoms with Crippen LogP contribution in [0.25, 0.3) is 0 Å². The van der Waals surface area contributed by atoms with Gasteiger partial charge in [-0.25, -0.2) is 17.2 Å². The van der Waals surface area contributed by atoms with Crippen LogP contribution in [0.1, 0.15) is 5.56 Å². The summed E-state index contributed by atoms with van der Waals surface area (Å²) in [6.07, 6.45) is 0.00916. The zero-order valence-electron chi connectivity index (χ0n) is 14.6. The summed E-state index contributed by atoms with van der Waals surface area (Å²) in [5.41, 5.74) is 1.22. The summed E-state index contributed by atoms with van der Waals surface area (Å²) in [4.78, 5) is 18.3. The first kappa shape index (κ1) is 19.1. The van der Waals surface area contributed by atoms with Crippen LogP contribution in [0.2, 0.25) is 0 Å². The molecule has 5 nitrogen and oxygen atoms in total. The molecule has 0 spiro atoms. The van der Waals surface area contributed by atoms with E-state index in [0.29, 0.717) is 16.4 Å². The third kappa shape index (κ3) is 3.95. The van der Waals surface area contributed by atoms with Crippen molar-refractivity contribution in [2.24, 2.45) is 4.99 Å². The van der Waals surface area contributed by atoms with Crippen LogP contribution in [-0.4, -0.2) is 42.3 Å². The number of hydrogen-bond donors (Lipinski definition) is 0. The maximum Gasteiger partial charge on any atom is 0.252 e. The largest absolute Gasteiger partial charge is 0.316 e. The number of sulfone groups is 1. The third-order valence-electron chi connectivity index (χ3n) is 4.66. The summed E-state index contributed by atoms with van der Waals surface area (Å²) in [6.45, 7) is 0. The van der Waals surface area contributed by atoms with Gasteiger partial charge in [-0.2, -0.15) is 4.99 Å². The quantitative estimate of drug-likeness (QED) is 0.761. The van der Waals surface area contributed by atoms with Crippen LogP contribution in [0.15, 0.2) is 53.5 Å². The molecule has 0 aromatic heterocycles. The standard InChI is InChI=1S/C19H16F2N2O3S2/c20-13-3-1-12(2-4-13)9-18(24)22-19-23(15-7-5-14(21)6-8-15)16-10-28(25,26)11-17(16)27-19/h1-8,16-17H,9-11H2/t16-,17-/m1/s1. The number of halogens is 2. The van der Waals surface area contributed by atoms with Crippen molar-refractivity contribution in [1.82, 2.24) is 0 Å². The van der Waals surface area contributed by atoms with Crippen molar-refractivity contribution in [2.75, 3.05) is 16.4 Å². The monoisotopic (exact) mass is 422 g/mol. The molecule has 2 aliphatic heterocycles. The Morgan fingerprint density at radius 2 is 1.64 bits per heavy atom. The Morgan fingerprint density at radius 1 is 1.04 bits per heavy atom. The fraction of sp³-hybridized carbons (Fsp3) is 0.263. The molecule has 0 bridgehead atoms. The second-order valence-electron chi connectivity index (χ2n) is 6.74. The Bertz CT molecular complexity index is 1040. The van der Waals surface area contributed by atoms with Gasteiger partial charge in [-0.1, -0.05) is 23.9 Å². The first-order valence-electron chi connectivity index (χ1n) is 8.58. The van der Waals surface area contributed by atoms with Gasteiger partial charge in [-0.3, -0.25) is 4.79 Å². The van der Waals surface area contributed by atoms with E-state index in [9.17, 15) is 22.0 Å². The van der Waals surface area contributed by atoms with Crippen LogP contribution in [0.5, 0.6) is 0 Å². The SMILES string of the molecule is O=C(Cc1ccc(F)cc1)N=C1S[C@@H]2CS(=O)(=O)C[C@H]2N1c1ccc(F)cc1. The molecule has 2 atom stereocenters. The van der Waals surface area contributed by atoms with Gasteiger partial charge in [0.25, 0.3) is 5.91 Å². The number of thioether (sulfide) groups is 1. The minimum atomic E-state index is -3.17. The van der Waals surface area contributed by atoms with E-state index in [1.165, 1.54) is 48.2 Å². The maximum atomic E-state index is 13.3. The number of rotatable bonds is 3. The van der Waals surface area contributed by atoms with Gasteiger partial charge in [0.05, 0.1) is 24.0 Å². The zero-order chi connectivity index (χ0) is 19.9. The smallest absolute Gasteiger partial charge is 0.252 e. The highest BCUT2D eigenvalue weighted by Crippen LogP contribution is 2.41. The average molecular weight is 422 g/mol. The lowest BCUT2D eigenvalue weighted by atomic mass is 10.1. The van der Waals surface area contributed by atoms with Crippen molar-refractivity contribution < 1.29 is 22.0 Å². The number of anilines is 1. The Balaban J connectivity index is 1.62. The van der Waals surface area contributed by atoms with Gasteiger partial charge < -0.3 is 4.90 Å². The summed E-state index contributed by atoms with van der Waals surface area (Å²) in [5.74, 6) is -1.22. The number of carbonyl (C=O) groups excluding carboxylic acids is 1. The minimum Gasteiger partial charge on any atom is -0.316 e. The Hall–Kier alpha value is -2.26. The summed E-state index contributed by atoms with van der Waals surface area (Å²) in [7, 11) is -3.17. The molecule has 0 N–H and O–H groups in total. The molecular formula is C19H16F2N2O3S2. The van der Waals surface area contributed by atoms with Gasteiger partial charge in [0.1, 0.15) is 11.6 Å². The van der Waals surface area contributed by atoms with Crippen molar-refractivity contribution in [2.45, 2.75) is 17.7 Å².